The van der Waals surface area contributed by atoms with E-state index >= 15 is 0 Å². The minimum atomic E-state index is 0.436. The first kappa shape index (κ1) is 9.33. The first-order valence-electron chi connectivity index (χ1n) is 3.58. The van der Waals surface area contributed by atoms with Crippen molar-refractivity contribution < 1.29 is 4.74 Å². The van der Waals surface area contributed by atoms with Gasteiger partial charge in [0.2, 0.25) is 0 Å². The Morgan fingerprint density at radius 3 is 3.00 bits per heavy atom. The van der Waals surface area contributed by atoms with Crippen molar-refractivity contribution in [1.82, 2.24) is 0 Å². The van der Waals surface area contributed by atoms with Crippen LogP contribution in [0.5, 0.6) is 5.75 Å². The lowest BCUT2D eigenvalue weighted by atomic mass is 10.3. The predicted octanol–water partition coefficient (Wildman–Crippen LogP) is 2.58. The van der Waals surface area contributed by atoms with Crippen LogP contribution in [0.15, 0.2) is 24.3 Å². The van der Waals surface area contributed by atoms with Crippen LogP contribution in [-0.4, -0.2) is 6.61 Å². The molecule has 0 saturated carbocycles. The number of ether oxygens (including phenoxy) is 1. The number of hydrogen-bond acceptors (Lipinski definition) is 2. The zero-order valence-corrected chi connectivity index (χ0v) is 8.61. The van der Waals surface area contributed by atoms with Gasteiger partial charge in [0.15, 0.2) is 0 Å². The van der Waals surface area contributed by atoms with Gasteiger partial charge in [-0.15, -0.1) is 0 Å². The van der Waals surface area contributed by atoms with Gasteiger partial charge < -0.3 is 4.74 Å². The van der Waals surface area contributed by atoms with Gasteiger partial charge in [-0.2, -0.15) is 5.26 Å². The van der Waals surface area contributed by atoms with Crippen LogP contribution in [0, 0.1) is 14.9 Å². The molecule has 1 rings (SSSR count). The largest absolute Gasteiger partial charge is 0.492 e. The molecule has 62 valence electrons. The Morgan fingerprint density at radius 2 is 2.33 bits per heavy atom. The Balaban J connectivity index is 2.48. The van der Waals surface area contributed by atoms with E-state index in [4.69, 9.17) is 10.00 Å². The second-order valence-electron chi connectivity index (χ2n) is 2.21. The fourth-order valence-corrected chi connectivity index (χ4v) is 1.29. The summed E-state index contributed by atoms with van der Waals surface area (Å²) in [6.45, 7) is 0.469. The maximum atomic E-state index is 8.27. The molecule has 0 radical (unpaired) electrons. The molecule has 0 bridgehead atoms. The van der Waals surface area contributed by atoms with E-state index in [1.807, 2.05) is 30.3 Å². The Labute approximate surface area is 85.3 Å². The lowest BCUT2D eigenvalue weighted by Gasteiger charge is -2.02. The molecule has 0 amide bonds. The fraction of sp³-hybridized carbons (Fsp3) is 0.222. The quantitative estimate of drug-likeness (QED) is 0.626. The van der Waals surface area contributed by atoms with Gasteiger partial charge in [0.25, 0.3) is 0 Å². The highest BCUT2D eigenvalue weighted by molar-refractivity contribution is 14.1. The molecule has 1 aromatic carbocycles. The van der Waals surface area contributed by atoms with E-state index in [9.17, 15) is 0 Å². The van der Waals surface area contributed by atoms with Gasteiger partial charge in [0.05, 0.1) is 12.5 Å². The van der Waals surface area contributed by atoms with Crippen molar-refractivity contribution in [2.45, 2.75) is 6.42 Å². The third-order valence-electron chi connectivity index (χ3n) is 1.28. The Kier molecular flexibility index (Phi) is 3.88. The van der Waals surface area contributed by atoms with Crippen LogP contribution in [0.2, 0.25) is 0 Å². The highest BCUT2D eigenvalue weighted by atomic mass is 127. The van der Waals surface area contributed by atoms with Gasteiger partial charge in [-0.05, 0) is 40.8 Å². The SMILES string of the molecule is N#CCCOc1cccc(I)c1. The van der Waals surface area contributed by atoms with Gasteiger partial charge in [0.1, 0.15) is 12.4 Å². The van der Waals surface area contributed by atoms with E-state index in [0.717, 1.165) is 9.32 Å². The minimum Gasteiger partial charge on any atom is -0.492 e. The second-order valence-corrected chi connectivity index (χ2v) is 3.46. The Bertz CT molecular complexity index is 293. The molecule has 0 heterocycles. The van der Waals surface area contributed by atoms with Gasteiger partial charge in [0, 0.05) is 3.57 Å². The maximum Gasteiger partial charge on any atom is 0.120 e. The summed E-state index contributed by atoms with van der Waals surface area (Å²) in [5.41, 5.74) is 0. The molecule has 0 atom stereocenters. The van der Waals surface area contributed by atoms with Gasteiger partial charge in [-0.1, -0.05) is 6.07 Å². The molecule has 12 heavy (non-hydrogen) atoms. The highest BCUT2D eigenvalue weighted by Gasteiger charge is 1.92. The van der Waals surface area contributed by atoms with Crippen LogP contribution in [0.3, 0.4) is 0 Å². The molecule has 0 aromatic heterocycles. The van der Waals surface area contributed by atoms with Crippen molar-refractivity contribution in [3.8, 4) is 11.8 Å². The van der Waals surface area contributed by atoms with E-state index in [1.54, 1.807) is 0 Å². The number of hydrogen-bond donors (Lipinski definition) is 0. The van der Waals surface area contributed by atoms with E-state index < -0.39 is 0 Å². The lowest BCUT2D eigenvalue weighted by Crippen LogP contribution is -1.95. The number of rotatable bonds is 3. The summed E-state index contributed by atoms with van der Waals surface area (Å²) in [7, 11) is 0. The average Bonchev–Trinajstić information content (AvgIpc) is 2.05. The number of benzene rings is 1. The van der Waals surface area contributed by atoms with Crippen LogP contribution in [0.25, 0.3) is 0 Å². The summed E-state index contributed by atoms with van der Waals surface area (Å²) >= 11 is 2.22. The standard InChI is InChI=1S/C9H8INO/c10-8-3-1-4-9(7-8)12-6-2-5-11/h1,3-4,7H,2,6H2. The normalized spacial score (nSPS) is 9.00. The number of halogens is 1. The zero-order valence-electron chi connectivity index (χ0n) is 6.46. The third-order valence-corrected chi connectivity index (χ3v) is 1.95. The van der Waals surface area contributed by atoms with Crippen molar-refractivity contribution in [3.63, 3.8) is 0 Å². The molecule has 0 N–H and O–H groups in total. The summed E-state index contributed by atoms with van der Waals surface area (Å²) < 4.78 is 6.44. The number of nitriles is 1. The molecule has 0 aliphatic rings. The maximum absolute atomic E-state index is 8.27. The second kappa shape index (κ2) is 4.99. The summed E-state index contributed by atoms with van der Waals surface area (Å²) in [5, 5.41) is 8.27. The molecule has 0 saturated heterocycles. The highest BCUT2D eigenvalue weighted by Crippen LogP contribution is 2.14. The van der Waals surface area contributed by atoms with Crippen LogP contribution in [0.1, 0.15) is 6.42 Å². The van der Waals surface area contributed by atoms with Crippen LogP contribution in [-0.2, 0) is 0 Å². The molecule has 3 heteroatoms. The van der Waals surface area contributed by atoms with Gasteiger partial charge in [-0.25, -0.2) is 0 Å². The topological polar surface area (TPSA) is 33.0 Å². The Morgan fingerprint density at radius 1 is 1.50 bits per heavy atom. The van der Waals surface area contributed by atoms with Crippen LogP contribution < -0.4 is 4.74 Å². The van der Waals surface area contributed by atoms with E-state index in [-0.39, 0.29) is 0 Å². The Hall–Kier alpha value is -0.760. The van der Waals surface area contributed by atoms with Gasteiger partial charge in [-0.3, -0.25) is 0 Å². The molecule has 1 aromatic rings. The van der Waals surface area contributed by atoms with Gasteiger partial charge >= 0.3 is 0 Å². The van der Waals surface area contributed by atoms with Crippen molar-refractivity contribution >= 4 is 22.6 Å². The molecular weight excluding hydrogens is 265 g/mol. The molecule has 0 aliphatic heterocycles. The van der Waals surface area contributed by atoms with Crippen LogP contribution >= 0.6 is 22.6 Å². The molecular formula is C9H8INO. The molecule has 0 aliphatic carbocycles. The van der Waals surface area contributed by atoms with Crippen molar-refractivity contribution in [3.05, 3.63) is 27.8 Å². The summed E-state index contributed by atoms with van der Waals surface area (Å²) in [6.07, 6.45) is 0.436. The first-order valence-corrected chi connectivity index (χ1v) is 4.66. The van der Waals surface area contributed by atoms with E-state index in [2.05, 4.69) is 22.6 Å². The summed E-state index contributed by atoms with van der Waals surface area (Å²) in [4.78, 5) is 0. The van der Waals surface area contributed by atoms with E-state index in [0.29, 0.717) is 13.0 Å². The first-order chi connectivity index (χ1) is 5.83. The van der Waals surface area contributed by atoms with Crippen molar-refractivity contribution in [2.75, 3.05) is 6.61 Å². The predicted molar refractivity (Wildman–Crippen MR) is 54.9 cm³/mol. The summed E-state index contributed by atoms with van der Waals surface area (Å²) in [6, 6.07) is 9.79. The minimum absolute atomic E-state index is 0.436. The lowest BCUT2D eigenvalue weighted by molar-refractivity contribution is 0.326. The van der Waals surface area contributed by atoms with E-state index in [1.165, 1.54) is 0 Å². The van der Waals surface area contributed by atoms with Crippen molar-refractivity contribution in [1.29, 1.82) is 5.26 Å². The average molecular weight is 273 g/mol. The molecule has 2 nitrogen and oxygen atoms in total. The molecule has 0 spiro atoms. The van der Waals surface area contributed by atoms with Crippen molar-refractivity contribution in [2.24, 2.45) is 0 Å². The summed E-state index contributed by atoms with van der Waals surface area (Å²) in [5.74, 6) is 0.831. The smallest absolute Gasteiger partial charge is 0.120 e. The molecule has 0 unspecified atom stereocenters. The van der Waals surface area contributed by atoms with Crippen LogP contribution in [0.4, 0.5) is 0 Å². The third kappa shape index (κ3) is 3.09. The fourth-order valence-electron chi connectivity index (χ4n) is 0.771. The number of nitrogens with zero attached hydrogens (tertiary/aromatic N) is 1. The molecule has 0 fully saturated rings. The zero-order chi connectivity index (χ0) is 8.81. The monoisotopic (exact) mass is 273 g/mol.